The third-order valence-corrected chi connectivity index (χ3v) is 4.87. The Hall–Kier alpha value is -2.34. The molecule has 6 nitrogen and oxygen atoms in total. The van der Waals surface area contributed by atoms with E-state index in [9.17, 15) is 4.79 Å². The fraction of sp³-hybridized carbons (Fsp3) is 0.444. The summed E-state index contributed by atoms with van der Waals surface area (Å²) >= 11 is 0. The molecule has 2 aliphatic heterocycles. The van der Waals surface area contributed by atoms with Crippen LogP contribution in [0.25, 0.3) is 0 Å². The van der Waals surface area contributed by atoms with Gasteiger partial charge in [0, 0.05) is 39.4 Å². The number of aromatic nitrogens is 2. The third kappa shape index (κ3) is 2.78. The van der Waals surface area contributed by atoms with Crippen molar-refractivity contribution in [3.8, 4) is 0 Å². The molecule has 0 bridgehead atoms. The Morgan fingerprint density at radius 2 is 2.00 bits per heavy atom. The molecule has 6 heteroatoms. The van der Waals surface area contributed by atoms with Crippen molar-refractivity contribution in [2.24, 2.45) is 7.05 Å². The largest absolute Gasteiger partial charge is 0.365 e. The molecule has 1 atom stereocenters. The van der Waals surface area contributed by atoms with Crippen LogP contribution in [0.2, 0.25) is 0 Å². The Morgan fingerprint density at radius 3 is 2.75 bits per heavy atom. The van der Waals surface area contributed by atoms with Gasteiger partial charge in [-0.3, -0.25) is 9.48 Å². The van der Waals surface area contributed by atoms with Crippen LogP contribution >= 0.6 is 0 Å². The minimum atomic E-state index is -0.445. The lowest BCUT2D eigenvalue weighted by molar-refractivity contribution is -0.145. The molecule has 0 aliphatic carbocycles. The van der Waals surface area contributed by atoms with E-state index < -0.39 is 6.10 Å². The van der Waals surface area contributed by atoms with Crippen molar-refractivity contribution in [3.63, 3.8) is 0 Å². The normalized spacial score (nSPS) is 20.8. The smallest absolute Gasteiger partial charge is 0.256 e. The lowest BCUT2D eigenvalue weighted by Crippen LogP contribution is -2.50. The van der Waals surface area contributed by atoms with Crippen LogP contribution in [0, 0.1) is 0 Å². The molecule has 1 fully saturated rings. The van der Waals surface area contributed by atoms with Crippen molar-refractivity contribution in [1.82, 2.24) is 14.7 Å². The van der Waals surface area contributed by atoms with Crippen molar-refractivity contribution in [2.75, 3.05) is 37.7 Å². The number of amides is 1. The number of benzene rings is 1. The molecule has 3 heterocycles. The number of anilines is 1. The number of aryl methyl sites for hydroxylation is 1. The number of fused-ring (bicyclic) bond motifs is 1. The zero-order valence-electron chi connectivity index (χ0n) is 13.9. The zero-order valence-corrected chi connectivity index (χ0v) is 13.9. The number of ether oxygens (including phenoxy) is 1. The lowest BCUT2D eigenvalue weighted by atomic mass is 9.96. The molecule has 0 N–H and O–H groups in total. The Bertz CT molecular complexity index is 734. The Morgan fingerprint density at radius 1 is 1.21 bits per heavy atom. The number of hydrogen-bond acceptors (Lipinski definition) is 4. The van der Waals surface area contributed by atoms with Gasteiger partial charge in [0.25, 0.3) is 5.91 Å². The molecule has 24 heavy (non-hydrogen) atoms. The van der Waals surface area contributed by atoms with E-state index in [2.05, 4.69) is 16.1 Å². The summed E-state index contributed by atoms with van der Waals surface area (Å²) in [5.41, 5.74) is 3.38. The number of hydrogen-bond donors (Lipinski definition) is 0. The summed E-state index contributed by atoms with van der Waals surface area (Å²) in [5.74, 6) is 0.0907. The maximum absolute atomic E-state index is 12.9. The van der Waals surface area contributed by atoms with Crippen LogP contribution in [0.15, 0.2) is 36.7 Å². The Balaban J connectivity index is 1.44. The van der Waals surface area contributed by atoms with Gasteiger partial charge in [0.1, 0.15) is 0 Å². The number of carbonyl (C=O) groups excluding carboxylic acids is 1. The van der Waals surface area contributed by atoms with Crippen LogP contribution in [0.1, 0.15) is 17.2 Å². The van der Waals surface area contributed by atoms with E-state index in [0.717, 1.165) is 43.9 Å². The molecule has 1 amide bonds. The number of nitrogens with zero attached hydrogens (tertiary/aromatic N) is 4. The highest BCUT2D eigenvalue weighted by Crippen LogP contribution is 2.29. The van der Waals surface area contributed by atoms with Crippen LogP contribution in [-0.4, -0.2) is 53.4 Å². The first kappa shape index (κ1) is 15.2. The summed E-state index contributed by atoms with van der Waals surface area (Å²) in [4.78, 5) is 17.1. The second-order valence-electron chi connectivity index (χ2n) is 6.38. The van der Waals surface area contributed by atoms with E-state index in [-0.39, 0.29) is 5.91 Å². The molecule has 2 aromatic rings. The fourth-order valence-electron chi connectivity index (χ4n) is 3.52. The predicted octanol–water partition coefficient (Wildman–Crippen LogP) is 1.38. The van der Waals surface area contributed by atoms with Crippen molar-refractivity contribution >= 4 is 11.6 Å². The molecule has 2 aliphatic rings. The number of piperazine rings is 1. The van der Waals surface area contributed by atoms with Gasteiger partial charge in [-0.25, -0.2) is 0 Å². The lowest BCUT2D eigenvalue weighted by Gasteiger charge is -2.37. The van der Waals surface area contributed by atoms with E-state index in [1.807, 2.05) is 42.5 Å². The van der Waals surface area contributed by atoms with Crippen LogP contribution in [0.4, 0.5) is 5.69 Å². The molecular weight excluding hydrogens is 304 g/mol. The molecule has 1 saturated heterocycles. The van der Waals surface area contributed by atoms with Gasteiger partial charge in [0.15, 0.2) is 6.10 Å². The van der Waals surface area contributed by atoms with E-state index in [0.29, 0.717) is 6.61 Å². The third-order valence-electron chi connectivity index (χ3n) is 4.87. The van der Waals surface area contributed by atoms with Crippen LogP contribution < -0.4 is 4.90 Å². The quantitative estimate of drug-likeness (QED) is 0.837. The van der Waals surface area contributed by atoms with E-state index >= 15 is 0 Å². The second-order valence-corrected chi connectivity index (χ2v) is 6.38. The van der Waals surface area contributed by atoms with Crippen molar-refractivity contribution in [2.45, 2.75) is 12.5 Å². The van der Waals surface area contributed by atoms with Crippen LogP contribution in [0.5, 0.6) is 0 Å². The summed E-state index contributed by atoms with van der Waals surface area (Å²) in [5, 5.41) is 4.22. The highest BCUT2D eigenvalue weighted by molar-refractivity contribution is 5.83. The summed E-state index contributed by atoms with van der Waals surface area (Å²) in [6.45, 7) is 3.70. The summed E-state index contributed by atoms with van der Waals surface area (Å²) in [6.07, 6.45) is 4.32. The summed E-state index contributed by atoms with van der Waals surface area (Å²) < 4.78 is 7.62. The maximum Gasteiger partial charge on any atom is 0.256 e. The first-order valence-corrected chi connectivity index (χ1v) is 8.44. The van der Waals surface area contributed by atoms with E-state index in [1.165, 1.54) is 5.56 Å². The van der Waals surface area contributed by atoms with Gasteiger partial charge in [-0.15, -0.1) is 0 Å². The SMILES string of the molecule is Cn1cc(N2CCN(C(=O)[C@H]3OCCc4ccccc43)CC2)cn1. The van der Waals surface area contributed by atoms with Gasteiger partial charge in [0.05, 0.1) is 18.5 Å². The van der Waals surface area contributed by atoms with Crippen LogP contribution in [0.3, 0.4) is 0 Å². The van der Waals surface area contributed by atoms with Gasteiger partial charge in [-0.1, -0.05) is 24.3 Å². The van der Waals surface area contributed by atoms with Crippen molar-refractivity contribution in [3.05, 3.63) is 47.8 Å². The van der Waals surface area contributed by atoms with Crippen LogP contribution in [-0.2, 0) is 23.0 Å². The van der Waals surface area contributed by atoms with Gasteiger partial charge in [0.2, 0.25) is 0 Å². The molecule has 0 radical (unpaired) electrons. The Kier molecular flexibility index (Phi) is 3.98. The van der Waals surface area contributed by atoms with E-state index in [4.69, 9.17) is 4.74 Å². The van der Waals surface area contributed by atoms with Crippen molar-refractivity contribution in [1.29, 1.82) is 0 Å². The fourth-order valence-corrected chi connectivity index (χ4v) is 3.52. The predicted molar refractivity (Wildman–Crippen MR) is 90.8 cm³/mol. The molecule has 1 aromatic heterocycles. The topological polar surface area (TPSA) is 50.6 Å². The first-order valence-electron chi connectivity index (χ1n) is 8.44. The van der Waals surface area contributed by atoms with Gasteiger partial charge >= 0.3 is 0 Å². The van der Waals surface area contributed by atoms with Gasteiger partial charge in [-0.05, 0) is 17.5 Å². The number of carbonyl (C=O) groups is 1. The minimum Gasteiger partial charge on any atom is -0.365 e. The molecule has 4 rings (SSSR count). The molecule has 1 aromatic carbocycles. The molecule has 126 valence electrons. The van der Waals surface area contributed by atoms with Crippen molar-refractivity contribution < 1.29 is 9.53 Å². The van der Waals surface area contributed by atoms with Gasteiger partial charge < -0.3 is 14.5 Å². The highest BCUT2D eigenvalue weighted by atomic mass is 16.5. The highest BCUT2D eigenvalue weighted by Gasteiger charge is 2.32. The number of rotatable bonds is 2. The molecular formula is C18H22N4O2. The standard InChI is InChI=1S/C18H22N4O2/c1-20-13-15(12-19-20)21-7-9-22(10-8-21)18(23)17-16-5-3-2-4-14(16)6-11-24-17/h2-5,12-13,17H,6-11H2,1H3/t17-/m0/s1. The molecule has 0 spiro atoms. The first-order chi connectivity index (χ1) is 11.7. The minimum absolute atomic E-state index is 0.0907. The Labute approximate surface area is 141 Å². The van der Waals surface area contributed by atoms with Gasteiger partial charge in [-0.2, -0.15) is 5.10 Å². The second kappa shape index (κ2) is 6.28. The summed E-state index contributed by atoms with van der Waals surface area (Å²) in [7, 11) is 1.92. The summed E-state index contributed by atoms with van der Waals surface area (Å²) in [6, 6.07) is 8.12. The maximum atomic E-state index is 12.9. The average Bonchev–Trinajstić information content (AvgIpc) is 3.07. The zero-order chi connectivity index (χ0) is 16.5. The molecule has 0 saturated carbocycles. The molecule has 0 unspecified atom stereocenters. The van der Waals surface area contributed by atoms with E-state index in [1.54, 1.807) is 4.68 Å². The monoisotopic (exact) mass is 326 g/mol. The average molecular weight is 326 g/mol.